The van der Waals surface area contributed by atoms with Gasteiger partial charge in [-0.25, -0.2) is 13.6 Å². The van der Waals surface area contributed by atoms with E-state index in [0.29, 0.717) is 0 Å². The third-order valence-corrected chi connectivity index (χ3v) is 0.767. The van der Waals surface area contributed by atoms with E-state index in [9.17, 15) is 13.6 Å². The van der Waals surface area contributed by atoms with E-state index in [1.165, 1.54) is 6.92 Å². The zero-order valence-corrected chi connectivity index (χ0v) is 5.38. The molecule has 10 heavy (non-hydrogen) atoms. The fourth-order valence-corrected chi connectivity index (χ4v) is 0.331. The monoisotopic (exact) mass is 154 g/mol. The summed E-state index contributed by atoms with van der Waals surface area (Å²) in [7, 11) is 0. The van der Waals surface area contributed by atoms with Crippen LogP contribution in [0.25, 0.3) is 0 Å². The van der Waals surface area contributed by atoms with Gasteiger partial charge in [-0.05, 0) is 6.92 Å². The normalized spacial score (nSPS) is 13.3. The number of hydrogen-bond acceptors (Lipinski definition) is 3. The number of esters is 1. The van der Waals surface area contributed by atoms with Crippen molar-refractivity contribution in [2.24, 2.45) is 0 Å². The molecule has 0 aromatic carbocycles. The Hall–Kier alpha value is -0.710. The van der Waals surface area contributed by atoms with Gasteiger partial charge in [-0.1, -0.05) is 0 Å². The van der Waals surface area contributed by atoms with Gasteiger partial charge in [-0.2, -0.15) is 0 Å². The summed E-state index contributed by atoms with van der Waals surface area (Å²) in [6.45, 7) is 1.46. The van der Waals surface area contributed by atoms with Gasteiger partial charge in [0.05, 0.1) is 6.61 Å². The molecule has 0 aromatic heterocycles. The molecule has 0 radical (unpaired) electrons. The summed E-state index contributed by atoms with van der Waals surface area (Å²) in [5, 5.41) is 8.30. The lowest BCUT2D eigenvalue weighted by atomic mass is 10.4. The lowest BCUT2D eigenvalue weighted by molar-refractivity contribution is -0.161. The van der Waals surface area contributed by atoms with Crippen LogP contribution in [0.4, 0.5) is 8.78 Å². The first-order chi connectivity index (χ1) is 4.59. The molecule has 0 fully saturated rings. The molecule has 0 saturated carbocycles. The number of carbonyl (C=O) groups excluding carboxylic acids is 1. The van der Waals surface area contributed by atoms with Crippen LogP contribution in [-0.4, -0.2) is 30.2 Å². The second-order valence-corrected chi connectivity index (χ2v) is 1.53. The van der Waals surface area contributed by atoms with Crippen LogP contribution >= 0.6 is 0 Å². The third-order valence-electron chi connectivity index (χ3n) is 0.767. The van der Waals surface area contributed by atoms with Crippen LogP contribution in [0, 0.1) is 0 Å². The van der Waals surface area contributed by atoms with E-state index in [2.05, 4.69) is 4.74 Å². The second-order valence-electron chi connectivity index (χ2n) is 1.53. The second kappa shape index (κ2) is 4.16. The minimum absolute atomic E-state index is 0.0113. The molecule has 0 aliphatic carbocycles. The average molecular weight is 154 g/mol. The predicted octanol–water partition coefficient (Wildman–Crippen LogP) is 0.175. The maximum atomic E-state index is 11.5. The highest BCUT2D eigenvalue weighted by atomic mass is 19.3. The molecular weight excluding hydrogens is 146 g/mol. The molecule has 5 heteroatoms. The number of carbonyl (C=O) groups is 1. The minimum Gasteiger partial charge on any atom is -0.464 e. The summed E-state index contributed by atoms with van der Waals surface area (Å²) in [6.07, 6.45) is -5.38. The lowest BCUT2D eigenvalue weighted by Crippen LogP contribution is -2.29. The van der Waals surface area contributed by atoms with Crippen molar-refractivity contribution in [2.45, 2.75) is 19.5 Å². The predicted molar refractivity (Wildman–Crippen MR) is 28.6 cm³/mol. The summed E-state index contributed by atoms with van der Waals surface area (Å²) >= 11 is 0. The van der Waals surface area contributed by atoms with Crippen LogP contribution in [-0.2, 0) is 9.53 Å². The number of aliphatic hydroxyl groups is 1. The minimum atomic E-state index is -3.07. The maximum Gasteiger partial charge on any atom is 0.341 e. The van der Waals surface area contributed by atoms with Crippen LogP contribution in [0.2, 0.25) is 0 Å². The molecule has 0 amide bonds. The van der Waals surface area contributed by atoms with E-state index in [1.807, 2.05) is 0 Å². The van der Waals surface area contributed by atoms with Crippen molar-refractivity contribution in [3.63, 3.8) is 0 Å². The van der Waals surface area contributed by atoms with Gasteiger partial charge >= 0.3 is 5.97 Å². The van der Waals surface area contributed by atoms with E-state index < -0.39 is 18.5 Å². The first-order valence-corrected chi connectivity index (χ1v) is 2.72. The summed E-state index contributed by atoms with van der Waals surface area (Å²) in [4.78, 5) is 10.2. The van der Waals surface area contributed by atoms with E-state index in [1.54, 1.807) is 0 Å². The smallest absolute Gasteiger partial charge is 0.341 e. The van der Waals surface area contributed by atoms with Gasteiger partial charge in [-0.3, -0.25) is 0 Å². The van der Waals surface area contributed by atoms with Crippen LogP contribution < -0.4 is 0 Å². The zero-order chi connectivity index (χ0) is 8.15. The molecule has 0 bridgehead atoms. The number of aliphatic hydroxyl groups excluding tert-OH is 1. The highest BCUT2D eigenvalue weighted by molar-refractivity contribution is 5.74. The number of halogens is 2. The maximum absolute atomic E-state index is 11.5. The molecule has 0 heterocycles. The molecule has 0 aliphatic heterocycles. The van der Waals surface area contributed by atoms with E-state index in [-0.39, 0.29) is 6.61 Å². The van der Waals surface area contributed by atoms with Gasteiger partial charge < -0.3 is 9.84 Å². The van der Waals surface area contributed by atoms with Crippen molar-refractivity contribution < 1.29 is 23.4 Å². The Bertz CT molecular complexity index is 115. The van der Waals surface area contributed by atoms with Crippen molar-refractivity contribution in [1.82, 2.24) is 0 Å². The van der Waals surface area contributed by atoms with Crippen molar-refractivity contribution in [1.29, 1.82) is 0 Å². The van der Waals surface area contributed by atoms with Crippen LogP contribution in [0.15, 0.2) is 0 Å². The topological polar surface area (TPSA) is 46.5 Å². The Labute approximate surface area is 56.6 Å². The van der Waals surface area contributed by atoms with Crippen molar-refractivity contribution in [3.05, 3.63) is 0 Å². The summed E-state index contributed by atoms with van der Waals surface area (Å²) in [6, 6.07) is 0. The average Bonchev–Trinajstić information content (AvgIpc) is 1.87. The number of rotatable bonds is 3. The fraction of sp³-hybridized carbons (Fsp3) is 0.800. The Kier molecular flexibility index (Phi) is 3.87. The molecule has 3 nitrogen and oxygen atoms in total. The molecule has 1 atom stereocenters. The van der Waals surface area contributed by atoms with Gasteiger partial charge in [0.1, 0.15) is 0 Å². The Morgan fingerprint density at radius 3 is 2.50 bits per heavy atom. The van der Waals surface area contributed by atoms with Gasteiger partial charge in [0.15, 0.2) is 0 Å². The standard InChI is InChI=1S/C5H8F2O3/c1-2-10-5(9)3(8)4(6)7/h3-4,8H,2H2,1H3. The largest absolute Gasteiger partial charge is 0.464 e. The van der Waals surface area contributed by atoms with Gasteiger partial charge in [0.2, 0.25) is 6.10 Å². The van der Waals surface area contributed by atoms with Crippen molar-refractivity contribution in [2.75, 3.05) is 6.61 Å². The molecule has 0 saturated heterocycles. The van der Waals surface area contributed by atoms with Crippen molar-refractivity contribution >= 4 is 5.97 Å². The number of alkyl halides is 2. The summed E-state index contributed by atoms with van der Waals surface area (Å²) in [5.74, 6) is -1.28. The van der Waals surface area contributed by atoms with Crippen LogP contribution in [0.3, 0.4) is 0 Å². The quantitative estimate of drug-likeness (QED) is 0.589. The number of ether oxygens (including phenoxy) is 1. The lowest BCUT2D eigenvalue weighted by Gasteiger charge is -2.06. The Balaban J connectivity index is 3.71. The van der Waals surface area contributed by atoms with Gasteiger partial charge in [0.25, 0.3) is 6.43 Å². The molecule has 0 spiro atoms. The van der Waals surface area contributed by atoms with Crippen molar-refractivity contribution in [3.8, 4) is 0 Å². The van der Waals surface area contributed by atoms with E-state index in [0.717, 1.165) is 0 Å². The highest BCUT2D eigenvalue weighted by Crippen LogP contribution is 2.01. The molecular formula is C5H8F2O3. The summed E-state index contributed by atoms with van der Waals surface area (Å²) in [5.41, 5.74) is 0. The van der Waals surface area contributed by atoms with Crippen LogP contribution in [0.5, 0.6) is 0 Å². The molecule has 1 N–H and O–H groups in total. The first kappa shape index (κ1) is 9.29. The fourth-order valence-electron chi connectivity index (χ4n) is 0.331. The Morgan fingerprint density at radius 2 is 2.20 bits per heavy atom. The van der Waals surface area contributed by atoms with Gasteiger partial charge in [-0.15, -0.1) is 0 Å². The molecule has 1 unspecified atom stereocenters. The molecule has 0 aromatic rings. The SMILES string of the molecule is CCOC(=O)C(O)C(F)F. The third kappa shape index (κ3) is 2.72. The first-order valence-electron chi connectivity index (χ1n) is 2.72. The zero-order valence-electron chi connectivity index (χ0n) is 5.38. The van der Waals surface area contributed by atoms with Crippen LogP contribution in [0.1, 0.15) is 6.92 Å². The van der Waals surface area contributed by atoms with E-state index in [4.69, 9.17) is 5.11 Å². The summed E-state index contributed by atoms with van der Waals surface area (Å²) < 4.78 is 27.0. The highest BCUT2D eigenvalue weighted by Gasteiger charge is 2.26. The molecule has 0 aliphatic rings. The van der Waals surface area contributed by atoms with Gasteiger partial charge in [0, 0.05) is 0 Å². The Morgan fingerprint density at radius 1 is 1.70 bits per heavy atom. The molecule has 0 rings (SSSR count). The van der Waals surface area contributed by atoms with E-state index >= 15 is 0 Å². The number of hydrogen-bond donors (Lipinski definition) is 1. The molecule has 60 valence electrons.